The van der Waals surface area contributed by atoms with E-state index in [1.165, 1.54) is 7.11 Å². The summed E-state index contributed by atoms with van der Waals surface area (Å²) in [5.74, 6) is -0.578. The molecule has 0 bridgehead atoms. The minimum Gasteiger partial charge on any atom is -0.497 e. The summed E-state index contributed by atoms with van der Waals surface area (Å²) in [5.41, 5.74) is 0.858. The van der Waals surface area contributed by atoms with E-state index < -0.39 is 17.1 Å². The summed E-state index contributed by atoms with van der Waals surface area (Å²) in [6, 6.07) is 20.5. The van der Waals surface area contributed by atoms with Crippen LogP contribution in [-0.4, -0.2) is 28.6 Å². The molecule has 2 heterocycles. The Bertz CT molecular complexity index is 1650. The van der Waals surface area contributed by atoms with Crippen LogP contribution in [0.25, 0.3) is 21.9 Å². The number of fused-ring (bicyclic) bond motifs is 2. The van der Waals surface area contributed by atoms with Crippen LogP contribution in [0.4, 0.5) is 5.69 Å². The second kappa shape index (κ2) is 8.90. The minimum absolute atomic E-state index is 0.0404. The first-order valence-corrected chi connectivity index (χ1v) is 11.0. The van der Waals surface area contributed by atoms with Crippen molar-refractivity contribution in [3.63, 3.8) is 0 Å². The number of aryl methyl sites for hydroxylation is 1. The van der Waals surface area contributed by atoms with Crippen LogP contribution in [0.2, 0.25) is 0 Å². The highest BCUT2D eigenvalue weighted by atomic mass is 16.5. The first-order valence-electron chi connectivity index (χ1n) is 11.0. The van der Waals surface area contributed by atoms with Crippen molar-refractivity contribution in [1.29, 1.82) is 0 Å². The molecule has 0 atom stereocenters. The van der Waals surface area contributed by atoms with E-state index in [4.69, 9.17) is 9.15 Å². The molecule has 8 nitrogen and oxygen atoms in total. The van der Waals surface area contributed by atoms with Crippen molar-refractivity contribution >= 4 is 39.2 Å². The molecule has 0 unspecified atom stereocenters. The van der Waals surface area contributed by atoms with E-state index >= 15 is 0 Å². The Morgan fingerprint density at radius 1 is 0.971 bits per heavy atom. The molecule has 1 N–H and O–H groups in total. The third kappa shape index (κ3) is 3.85. The number of para-hydroxylation sites is 2. The van der Waals surface area contributed by atoms with Gasteiger partial charge in [0, 0.05) is 22.9 Å². The van der Waals surface area contributed by atoms with Gasteiger partial charge in [-0.25, -0.2) is 0 Å². The number of methoxy groups -OCH3 is 1. The molecule has 35 heavy (non-hydrogen) atoms. The predicted octanol–water partition coefficient (Wildman–Crippen LogP) is 4.65. The Kier molecular flexibility index (Phi) is 5.62. The fourth-order valence-electron chi connectivity index (χ4n) is 4.00. The normalized spacial score (nSPS) is 11.0. The topological polar surface area (TPSA) is 103 Å². The molecule has 3 aromatic carbocycles. The van der Waals surface area contributed by atoms with Gasteiger partial charge >= 0.3 is 0 Å². The first kappa shape index (κ1) is 22.1. The molecule has 1 amide bonds. The first-order chi connectivity index (χ1) is 17.0. The van der Waals surface area contributed by atoms with Gasteiger partial charge in [0.25, 0.3) is 5.91 Å². The zero-order valence-corrected chi connectivity index (χ0v) is 19.1. The number of nitrogens with one attached hydrogen (secondary N) is 1. The maximum atomic E-state index is 13.3. The van der Waals surface area contributed by atoms with Gasteiger partial charge in [-0.2, -0.15) is 5.10 Å². The van der Waals surface area contributed by atoms with Crippen molar-refractivity contribution < 1.29 is 18.7 Å². The van der Waals surface area contributed by atoms with Crippen LogP contribution in [0.15, 0.2) is 82.0 Å². The number of carbonyl (C=O) groups excluding carboxylic acids is 2. The second-order valence-corrected chi connectivity index (χ2v) is 7.82. The minimum atomic E-state index is -0.724. The number of rotatable bonds is 6. The highest BCUT2D eigenvalue weighted by Crippen LogP contribution is 2.33. The molecular formula is C27H21N3O5. The fraction of sp³-hybridized carbons (Fsp3) is 0.111. The van der Waals surface area contributed by atoms with Gasteiger partial charge in [-0.1, -0.05) is 24.3 Å². The van der Waals surface area contributed by atoms with E-state index in [0.29, 0.717) is 39.7 Å². The highest BCUT2D eigenvalue weighted by Gasteiger charge is 2.26. The van der Waals surface area contributed by atoms with E-state index in [1.54, 1.807) is 71.4 Å². The van der Waals surface area contributed by atoms with Gasteiger partial charge in [0.1, 0.15) is 11.3 Å². The van der Waals surface area contributed by atoms with Crippen molar-refractivity contribution in [2.75, 3.05) is 12.4 Å². The average molecular weight is 467 g/mol. The van der Waals surface area contributed by atoms with Crippen molar-refractivity contribution in [2.45, 2.75) is 13.5 Å². The van der Waals surface area contributed by atoms with Crippen LogP contribution in [-0.2, 0) is 6.54 Å². The van der Waals surface area contributed by atoms with Gasteiger partial charge in [0.15, 0.2) is 11.5 Å². The SMILES string of the molecule is CCn1nc(C(=O)Nc2c(C(=O)c3ccc(OC)cc3)oc3ccccc23)c(=O)c2ccccc21. The largest absolute Gasteiger partial charge is 0.497 e. The lowest BCUT2D eigenvalue weighted by atomic mass is 10.1. The van der Waals surface area contributed by atoms with Crippen molar-refractivity contribution in [3.05, 3.63) is 100 Å². The van der Waals surface area contributed by atoms with Crippen LogP contribution in [0, 0.1) is 0 Å². The Hall–Kier alpha value is -4.72. The van der Waals surface area contributed by atoms with Crippen LogP contribution < -0.4 is 15.5 Å². The van der Waals surface area contributed by atoms with Crippen molar-refractivity contribution in [3.8, 4) is 5.75 Å². The number of ether oxygens (including phenoxy) is 1. The molecular weight excluding hydrogens is 446 g/mol. The van der Waals surface area contributed by atoms with E-state index in [0.717, 1.165) is 0 Å². The number of hydrogen-bond acceptors (Lipinski definition) is 6. The highest BCUT2D eigenvalue weighted by molar-refractivity contribution is 6.18. The summed E-state index contributed by atoms with van der Waals surface area (Å²) < 4.78 is 12.6. The van der Waals surface area contributed by atoms with Gasteiger partial charge in [0.05, 0.1) is 18.3 Å². The summed E-state index contributed by atoms with van der Waals surface area (Å²) in [7, 11) is 1.54. The summed E-state index contributed by atoms with van der Waals surface area (Å²) in [6.07, 6.45) is 0. The van der Waals surface area contributed by atoms with Gasteiger partial charge < -0.3 is 14.5 Å². The molecule has 174 valence electrons. The number of amides is 1. The number of furan rings is 1. The molecule has 0 radical (unpaired) electrons. The molecule has 8 heteroatoms. The third-order valence-corrected chi connectivity index (χ3v) is 5.77. The van der Waals surface area contributed by atoms with Crippen molar-refractivity contribution in [1.82, 2.24) is 9.78 Å². The van der Waals surface area contributed by atoms with E-state index in [-0.39, 0.29) is 17.1 Å². The molecule has 0 aliphatic rings. The lowest BCUT2D eigenvalue weighted by molar-refractivity contribution is 0.101. The maximum absolute atomic E-state index is 13.3. The summed E-state index contributed by atoms with van der Waals surface area (Å²) in [4.78, 5) is 39.7. The average Bonchev–Trinajstić information content (AvgIpc) is 3.27. The Morgan fingerprint density at radius 3 is 2.37 bits per heavy atom. The molecule has 0 spiro atoms. The van der Waals surface area contributed by atoms with Gasteiger partial charge in [0.2, 0.25) is 11.2 Å². The summed E-state index contributed by atoms with van der Waals surface area (Å²) >= 11 is 0. The summed E-state index contributed by atoms with van der Waals surface area (Å²) in [5, 5.41) is 7.95. The second-order valence-electron chi connectivity index (χ2n) is 7.82. The molecule has 5 aromatic rings. The van der Waals surface area contributed by atoms with Gasteiger partial charge in [-0.15, -0.1) is 0 Å². The van der Waals surface area contributed by atoms with Gasteiger partial charge in [-0.3, -0.25) is 19.1 Å². The van der Waals surface area contributed by atoms with Crippen LogP contribution in [0.1, 0.15) is 33.5 Å². The molecule has 0 aliphatic carbocycles. The number of nitrogens with zero attached hydrogens (tertiary/aromatic N) is 2. The van der Waals surface area contributed by atoms with Crippen molar-refractivity contribution in [2.24, 2.45) is 0 Å². The fourth-order valence-corrected chi connectivity index (χ4v) is 4.00. The van der Waals surface area contributed by atoms with E-state index in [2.05, 4.69) is 10.4 Å². The number of carbonyl (C=O) groups is 2. The molecule has 0 fully saturated rings. The van der Waals surface area contributed by atoms with Crippen LogP contribution in [0.3, 0.4) is 0 Å². The standard InChI is InChI=1S/C27H21N3O5/c1-3-30-20-10-6-4-8-18(20)25(32)23(29-30)27(33)28-22-19-9-5-7-11-21(19)35-26(22)24(31)16-12-14-17(34-2)15-13-16/h4-15H,3H2,1-2H3,(H,28,33). The van der Waals surface area contributed by atoms with Crippen LogP contribution in [0.5, 0.6) is 5.75 Å². The molecule has 5 rings (SSSR count). The van der Waals surface area contributed by atoms with Crippen LogP contribution >= 0.6 is 0 Å². The quantitative estimate of drug-likeness (QED) is 0.365. The number of hydrogen-bond donors (Lipinski definition) is 1. The summed E-state index contributed by atoms with van der Waals surface area (Å²) in [6.45, 7) is 2.34. The zero-order chi connectivity index (χ0) is 24.5. The number of anilines is 1. The Labute approximate surface area is 199 Å². The third-order valence-electron chi connectivity index (χ3n) is 5.77. The smallest absolute Gasteiger partial charge is 0.280 e. The molecule has 0 aliphatic heterocycles. The molecule has 0 saturated heterocycles. The van der Waals surface area contributed by atoms with Gasteiger partial charge in [-0.05, 0) is 55.5 Å². The monoisotopic (exact) mass is 467 g/mol. The lowest BCUT2D eigenvalue weighted by Gasteiger charge is -2.10. The predicted molar refractivity (Wildman–Crippen MR) is 132 cm³/mol. The zero-order valence-electron chi connectivity index (χ0n) is 19.1. The Balaban J connectivity index is 1.60. The maximum Gasteiger partial charge on any atom is 0.280 e. The number of aromatic nitrogens is 2. The molecule has 0 saturated carbocycles. The number of benzene rings is 3. The Morgan fingerprint density at radius 2 is 1.66 bits per heavy atom. The molecule has 2 aromatic heterocycles. The lowest BCUT2D eigenvalue weighted by Crippen LogP contribution is -2.27. The van der Waals surface area contributed by atoms with E-state index in [9.17, 15) is 14.4 Å². The number of ketones is 1. The van der Waals surface area contributed by atoms with E-state index in [1.807, 2.05) is 13.0 Å².